The zero-order valence-corrected chi connectivity index (χ0v) is 14.4. The first-order valence-electron chi connectivity index (χ1n) is 8.97. The highest BCUT2D eigenvalue weighted by atomic mass is 14.3. The molecule has 5 rings (SSSR count). The van der Waals surface area contributed by atoms with Crippen LogP contribution in [0.5, 0.6) is 0 Å². The van der Waals surface area contributed by atoms with Crippen LogP contribution in [-0.4, -0.2) is 0 Å². The molecule has 3 aromatic rings. The monoisotopic (exact) mass is 320 g/mol. The molecule has 0 heteroatoms. The van der Waals surface area contributed by atoms with E-state index in [1.165, 1.54) is 44.5 Å². The number of rotatable bonds is 2. The second-order valence-electron chi connectivity index (χ2n) is 7.06. The molecular formula is C25H20. The third-order valence-corrected chi connectivity index (χ3v) is 5.48. The van der Waals surface area contributed by atoms with Gasteiger partial charge in [0.25, 0.3) is 0 Å². The maximum atomic E-state index is 2.42. The number of allylic oxidation sites excluding steroid dienone is 4. The highest BCUT2D eigenvalue weighted by molar-refractivity contribution is 5.83. The molecule has 0 amide bonds. The molecule has 0 fully saturated rings. The van der Waals surface area contributed by atoms with Gasteiger partial charge in [0.1, 0.15) is 0 Å². The molecular weight excluding hydrogens is 300 g/mol. The van der Waals surface area contributed by atoms with Crippen LogP contribution in [0.3, 0.4) is 0 Å². The first-order chi connectivity index (χ1) is 12.3. The van der Waals surface area contributed by atoms with Crippen molar-refractivity contribution in [2.45, 2.75) is 19.3 Å². The summed E-state index contributed by atoms with van der Waals surface area (Å²) in [6, 6.07) is 26.5. The van der Waals surface area contributed by atoms with Gasteiger partial charge in [0.15, 0.2) is 0 Å². The molecule has 0 heterocycles. The van der Waals surface area contributed by atoms with E-state index in [2.05, 4.69) is 91.9 Å². The normalized spacial score (nSPS) is 17.7. The Bertz CT molecular complexity index is 1020. The third kappa shape index (κ3) is 2.29. The van der Waals surface area contributed by atoms with Gasteiger partial charge in [-0.15, -0.1) is 0 Å². The predicted molar refractivity (Wildman–Crippen MR) is 106 cm³/mol. The highest BCUT2D eigenvalue weighted by Gasteiger charge is 2.27. The summed E-state index contributed by atoms with van der Waals surface area (Å²) in [4.78, 5) is 0. The van der Waals surface area contributed by atoms with Gasteiger partial charge in [-0.25, -0.2) is 0 Å². The molecule has 0 saturated heterocycles. The minimum Gasteiger partial charge on any atom is -0.0697 e. The van der Waals surface area contributed by atoms with Crippen molar-refractivity contribution in [3.63, 3.8) is 0 Å². The minimum absolute atomic E-state index is 0.353. The molecule has 0 nitrogen and oxygen atoms in total. The van der Waals surface area contributed by atoms with Crippen molar-refractivity contribution in [1.82, 2.24) is 0 Å². The number of hydrogen-bond donors (Lipinski definition) is 0. The zero-order valence-electron chi connectivity index (χ0n) is 14.4. The van der Waals surface area contributed by atoms with E-state index in [1.807, 2.05) is 0 Å². The number of benzene rings is 3. The second-order valence-corrected chi connectivity index (χ2v) is 7.06. The third-order valence-electron chi connectivity index (χ3n) is 5.48. The van der Waals surface area contributed by atoms with Gasteiger partial charge in [0, 0.05) is 5.92 Å². The lowest BCUT2D eigenvalue weighted by Gasteiger charge is -2.18. The first-order valence-corrected chi connectivity index (χ1v) is 8.97. The summed E-state index contributed by atoms with van der Waals surface area (Å²) in [7, 11) is 0. The molecule has 2 aliphatic carbocycles. The lowest BCUT2D eigenvalue weighted by molar-refractivity contribution is 1.07. The maximum Gasteiger partial charge on any atom is 0.0284 e. The van der Waals surface area contributed by atoms with E-state index < -0.39 is 0 Å². The van der Waals surface area contributed by atoms with Gasteiger partial charge >= 0.3 is 0 Å². The molecule has 0 aliphatic heterocycles. The van der Waals surface area contributed by atoms with Crippen LogP contribution in [0.15, 0.2) is 90.5 Å². The summed E-state index contributed by atoms with van der Waals surface area (Å²) in [5, 5.41) is 0. The molecule has 0 aromatic heterocycles. The van der Waals surface area contributed by atoms with Gasteiger partial charge in [-0.2, -0.15) is 0 Å². The fraction of sp³-hybridized carbons (Fsp3) is 0.120. The average Bonchev–Trinajstić information content (AvgIpc) is 3.23. The summed E-state index contributed by atoms with van der Waals surface area (Å²) in [5.74, 6) is 0.353. The number of fused-ring (bicyclic) bond motifs is 3. The van der Waals surface area contributed by atoms with E-state index in [-0.39, 0.29) is 0 Å². The largest absolute Gasteiger partial charge is 0.0697 e. The van der Waals surface area contributed by atoms with Crippen LogP contribution >= 0.6 is 0 Å². The van der Waals surface area contributed by atoms with Crippen LogP contribution in [0.25, 0.3) is 16.7 Å². The molecule has 0 N–H and O–H groups in total. The average molecular weight is 320 g/mol. The van der Waals surface area contributed by atoms with Gasteiger partial charge in [-0.3, -0.25) is 0 Å². The van der Waals surface area contributed by atoms with Crippen molar-refractivity contribution < 1.29 is 0 Å². The highest BCUT2D eigenvalue weighted by Crippen LogP contribution is 2.46. The quantitative estimate of drug-likeness (QED) is 0.402. The van der Waals surface area contributed by atoms with Crippen LogP contribution in [0, 0.1) is 0 Å². The van der Waals surface area contributed by atoms with Crippen LogP contribution in [0.4, 0.5) is 0 Å². The van der Waals surface area contributed by atoms with Gasteiger partial charge in [0.05, 0.1) is 0 Å². The maximum absolute atomic E-state index is 2.42. The van der Waals surface area contributed by atoms with Gasteiger partial charge < -0.3 is 0 Å². The molecule has 1 unspecified atom stereocenters. The van der Waals surface area contributed by atoms with Crippen LogP contribution in [0.2, 0.25) is 0 Å². The topological polar surface area (TPSA) is 0 Å². The molecule has 2 aliphatic rings. The standard InChI is InChI=1S/C25H20/c1-17-14-23(18-8-3-2-4-9-18)24(15-17)22-13-7-12-21-20-11-6-5-10-19(20)16-25(21)22/h2-15,24H,16H2,1H3. The minimum atomic E-state index is 0.353. The predicted octanol–water partition coefficient (Wildman–Crippen LogP) is 6.38. The van der Waals surface area contributed by atoms with Gasteiger partial charge in [-0.1, -0.05) is 90.5 Å². The van der Waals surface area contributed by atoms with Crippen molar-refractivity contribution in [2.75, 3.05) is 0 Å². The Morgan fingerprint density at radius 3 is 2.40 bits per heavy atom. The van der Waals surface area contributed by atoms with Gasteiger partial charge in [0.2, 0.25) is 0 Å². The summed E-state index contributed by atoms with van der Waals surface area (Å²) in [5.41, 5.74) is 11.3. The molecule has 0 bridgehead atoms. The Hall–Kier alpha value is -2.86. The van der Waals surface area contributed by atoms with Gasteiger partial charge in [-0.05, 0) is 52.3 Å². The Labute approximate surface area is 149 Å². The SMILES string of the molecule is CC1=CC(c2cccc3c2Cc2ccccc2-3)C(c2ccccc2)=C1. The Balaban J connectivity index is 1.65. The summed E-state index contributed by atoms with van der Waals surface area (Å²) in [6.07, 6.45) is 5.82. The molecule has 3 aromatic carbocycles. The second kappa shape index (κ2) is 5.60. The Morgan fingerprint density at radius 2 is 1.52 bits per heavy atom. The molecule has 0 saturated carbocycles. The fourth-order valence-corrected chi connectivity index (χ4v) is 4.36. The first kappa shape index (κ1) is 14.5. The lowest BCUT2D eigenvalue weighted by atomic mass is 9.85. The lowest BCUT2D eigenvalue weighted by Crippen LogP contribution is -2.01. The van der Waals surface area contributed by atoms with E-state index in [0.29, 0.717) is 5.92 Å². The summed E-state index contributed by atoms with van der Waals surface area (Å²) < 4.78 is 0. The van der Waals surface area contributed by atoms with E-state index in [0.717, 1.165) is 6.42 Å². The van der Waals surface area contributed by atoms with Crippen molar-refractivity contribution >= 4 is 5.57 Å². The van der Waals surface area contributed by atoms with Crippen molar-refractivity contribution in [3.05, 3.63) is 113 Å². The molecule has 120 valence electrons. The van der Waals surface area contributed by atoms with Crippen LogP contribution in [-0.2, 0) is 6.42 Å². The smallest absolute Gasteiger partial charge is 0.0284 e. The molecule has 0 radical (unpaired) electrons. The van der Waals surface area contributed by atoms with Crippen molar-refractivity contribution in [2.24, 2.45) is 0 Å². The number of hydrogen-bond acceptors (Lipinski definition) is 0. The van der Waals surface area contributed by atoms with Crippen molar-refractivity contribution in [3.8, 4) is 11.1 Å². The van der Waals surface area contributed by atoms with E-state index in [4.69, 9.17) is 0 Å². The fourth-order valence-electron chi connectivity index (χ4n) is 4.36. The summed E-state index contributed by atoms with van der Waals surface area (Å²) in [6.45, 7) is 2.21. The van der Waals surface area contributed by atoms with Crippen LogP contribution < -0.4 is 0 Å². The Morgan fingerprint density at radius 1 is 0.760 bits per heavy atom. The van der Waals surface area contributed by atoms with Crippen molar-refractivity contribution in [1.29, 1.82) is 0 Å². The van der Waals surface area contributed by atoms with E-state index in [9.17, 15) is 0 Å². The molecule has 0 spiro atoms. The zero-order chi connectivity index (χ0) is 16.8. The Kier molecular flexibility index (Phi) is 3.24. The van der Waals surface area contributed by atoms with E-state index >= 15 is 0 Å². The molecule has 1 atom stereocenters. The van der Waals surface area contributed by atoms with Crippen LogP contribution in [0.1, 0.15) is 35.1 Å². The van der Waals surface area contributed by atoms with E-state index in [1.54, 1.807) is 0 Å². The molecule has 25 heavy (non-hydrogen) atoms. The summed E-state index contributed by atoms with van der Waals surface area (Å²) >= 11 is 0.